The van der Waals surface area contributed by atoms with Crippen LogP contribution in [0.4, 0.5) is 5.69 Å². The second kappa shape index (κ2) is 7.25. The third-order valence-electron chi connectivity index (χ3n) is 5.35. The Hall–Kier alpha value is -2.37. The lowest BCUT2D eigenvalue weighted by Gasteiger charge is -2.26. The van der Waals surface area contributed by atoms with Gasteiger partial charge in [-0.05, 0) is 51.2 Å². The number of nitrogens with zero attached hydrogens (tertiary/aromatic N) is 1. The molecule has 6 heteroatoms. The van der Waals surface area contributed by atoms with E-state index in [9.17, 15) is 14.4 Å². The molecule has 1 aromatic carbocycles. The number of carbonyl (C=O) groups is 3. The van der Waals surface area contributed by atoms with Crippen LogP contribution in [0, 0.1) is 11.8 Å². The van der Waals surface area contributed by atoms with Crippen LogP contribution in [0.3, 0.4) is 0 Å². The Labute approximate surface area is 147 Å². The number of amides is 2. The van der Waals surface area contributed by atoms with E-state index in [1.165, 1.54) is 0 Å². The van der Waals surface area contributed by atoms with Crippen LogP contribution in [-0.4, -0.2) is 35.0 Å². The topological polar surface area (TPSA) is 86.7 Å². The smallest absolute Gasteiger partial charge is 0.306 e. The molecule has 1 aliphatic carbocycles. The zero-order valence-electron chi connectivity index (χ0n) is 14.4. The molecule has 1 heterocycles. The summed E-state index contributed by atoms with van der Waals surface area (Å²) in [6.07, 6.45) is 2.78. The van der Waals surface area contributed by atoms with E-state index < -0.39 is 12.0 Å². The molecule has 0 radical (unpaired) electrons. The van der Waals surface area contributed by atoms with Gasteiger partial charge in [0, 0.05) is 17.6 Å². The fourth-order valence-corrected chi connectivity index (χ4v) is 3.92. The van der Waals surface area contributed by atoms with Gasteiger partial charge in [-0.3, -0.25) is 14.4 Å². The number of hydrogen-bond donors (Lipinski definition) is 2. The molecular weight excluding hydrogens is 320 g/mol. The maximum absolute atomic E-state index is 12.7. The summed E-state index contributed by atoms with van der Waals surface area (Å²) in [6.45, 7) is 1.98. The Kier molecular flexibility index (Phi) is 5.06. The first-order chi connectivity index (χ1) is 12.0. The van der Waals surface area contributed by atoms with Crippen molar-refractivity contribution in [3.63, 3.8) is 0 Å². The molecular formula is C19H24N2O4. The summed E-state index contributed by atoms with van der Waals surface area (Å²) in [5, 5.41) is 11.9. The van der Waals surface area contributed by atoms with Gasteiger partial charge in [0.25, 0.3) is 0 Å². The molecule has 2 atom stereocenters. The number of nitrogens with one attached hydrogen (secondary N) is 1. The quantitative estimate of drug-likeness (QED) is 0.876. The molecule has 3 rings (SSSR count). The highest BCUT2D eigenvalue weighted by atomic mass is 16.4. The highest BCUT2D eigenvalue weighted by Gasteiger charge is 2.40. The Morgan fingerprint density at radius 3 is 2.28 bits per heavy atom. The van der Waals surface area contributed by atoms with Crippen LogP contribution in [0.25, 0.3) is 0 Å². The van der Waals surface area contributed by atoms with Crippen molar-refractivity contribution < 1.29 is 19.5 Å². The monoisotopic (exact) mass is 344 g/mol. The van der Waals surface area contributed by atoms with E-state index in [2.05, 4.69) is 5.32 Å². The molecule has 1 saturated heterocycles. The highest BCUT2D eigenvalue weighted by molar-refractivity contribution is 6.02. The average molecular weight is 344 g/mol. The van der Waals surface area contributed by atoms with Gasteiger partial charge in [0.05, 0.1) is 5.92 Å². The summed E-state index contributed by atoms with van der Waals surface area (Å²) in [5.74, 6) is -1.51. The van der Waals surface area contributed by atoms with E-state index in [4.69, 9.17) is 5.11 Å². The van der Waals surface area contributed by atoms with Crippen molar-refractivity contribution in [2.24, 2.45) is 11.8 Å². The highest BCUT2D eigenvalue weighted by Crippen LogP contribution is 2.30. The fraction of sp³-hybridized carbons (Fsp3) is 0.526. The van der Waals surface area contributed by atoms with E-state index in [0.29, 0.717) is 32.1 Å². The first-order valence-electron chi connectivity index (χ1n) is 8.88. The minimum atomic E-state index is -0.780. The third-order valence-corrected chi connectivity index (χ3v) is 5.35. The van der Waals surface area contributed by atoms with Crippen molar-refractivity contribution in [3.05, 3.63) is 30.3 Å². The number of aliphatic carboxylic acids is 1. The maximum atomic E-state index is 12.7. The SMILES string of the molecule is CC1CC(NC(=O)C2CCC(C(=O)O)CC2)C(=O)N1c1ccccc1. The number of carboxylic acids is 1. The Morgan fingerprint density at radius 1 is 1.08 bits per heavy atom. The summed E-state index contributed by atoms with van der Waals surface area (Å²) in [4.78, 5) is 38.0. The number of rotatable bonds is 4. The molecule has 0 bridgehead atoms. The van der Waals surface area contributed by atoms with Crippen LogP contribution in [-0.2, 0) is 14.4 Å². The van der Waals surface area contributed by atoms with E-state index >= 15 is 0 Å². The molecule has 6 nitrogen and oxygen atoms in total. The minimum absolute atomic E-state index is 0.0305. The maximum Gasteiger partial charge on any atom is 0.306 e. The molecule has 2 unspecified atom stereocenters. The molecule has 134 valence electrons. The van der Waals surface area contributed by atoms with Crippen molar-refractivity contribution in [1.29, 1.82) is 0 Å². The molecule has 25 heavy (non-hydrogen) atoms. The predicted octanol–water partition coefficient (Wildman–Crippen LogP) is 2.19. The molecule has 2 N–H and O–H groups in total. The van der Waals surface area contributed by atoms with Gasteiger partial charge in [0.15, 0.2) is 0 Å². The van der Waals surface area contributed by atoms with Crippen molar-refractivity contribution >= 4 is 23.5 Å². The van der Waals surface area contributed by atoms with Gasteiger partial charge in [-0.2, -0.15) is 0 Å². The van der Waals surface area contributed by atoms with Crippen LogP contribution in [0.1, 0.15) is 39.0 Å². The second-order valence-electron chi connectivity index (χ2n) is 7.08. The molecule has 2 fully saturated rings. The zero-order valence-corrected chi connectivity index (χ0v) is 14.4. The number of benzene rings is 1. The Bertz CT molecular complexity index is 653. The predicted molar refractivity (Wildman–Crippen MR) is 93.0 cm³/mol. The molecule has 1 saturated carbocycles. The first-order valence-corrected chi connectivity index (χ1v) is 8.88. The van der Waals surface area contributed by atoms with Crippen LogP contribution < -0.4 is 10.2 Å². The van der Waals surface area contributed by atoms with Gasteiger partial charge in [0.1, 0.15) is 6.04 Å². The van der Waals surface area contributed by atoms with Crippen LogP contribution in [0.15, 0.2) is 30.3 Å². The van der Waals surface area contributed by atoms with Crippen molar-refractivity contribution in [1.82, 2.24) is 5.32 Å². The first kappa shape index (κ1) is 17.5. The number of carbonyl (C=O) groups excluding carboxylic acids is 2. The Balaban J connectivity index is 1.59. The van der Waals surface area contributed by atoms with E-state index in [-0.39, 0.29) is 29.7 Å². The summed E-state index contributed by atoms with van der Waals surface area (Å²) >= 11 is 0. The van der Waals surface area contributed by atoms with E-state index in [0.717, 1.165) is 5.69 Å². The van der Waals surface area contributed by atoms with Crippen molar-refractivity contribution in [3.8, 4) is 0 Å². The van der Waals surface area contributed by atoms with Crippen LogP contribution in [0.5, 0.6) is 0 Å². The van der Waals surface area contributed by atoms with Crippen molar-refractivity contribution in [2.45, 2.75) is 51.1 Å². The zero-order chi connectivity index (χ0) is 18.0. The van der Waals surface area contributed by atoms with Gasteiger partial charge < -0.3 is 15.3 Å². The number of anilines is 1. The fourth-order valence-electron chi connectivity index (χ4n) is 3.92. The lowest BCUT2D eigenvalue weighted by atomic mass is 9.81. The summed E-state index contributed by atoms with van der Waals surface area (Å²) in [5.41, 5.74) is 0.846. The van der Waals surface area contributed by atoms with Gasteiger partial charge in [-0.25, -0.2) is 0 Å². The van der Waals surface area contributed by atoms with E-state index in [1.54, 1.807) is 4.90 Å². The molecule has 2 amide bonds. The van der Waals surface area contributed by atoms with Gasteiger partial charge in [-0.1, -0.05) is 18.2 Å². The number of para-hydroxylation sites is 1. The molecule has 0 aromatic heterocycles. The normalized spacial score (nSPS) is 29.5. The standard InChI is InChI=1S/C19H24N2O4/c1-12-11-16(18(23)21(12)15-5-3-2-4-6-15)20-17(22)13-7-9-14(10-8-13)19(24)25/h2-6,12-14,16H,7-11H2,1H3,(H,20,22)(H,24,25). The van der Waals surface area contributed by atoms with Crippen LogP contribution >= 0.6 is 0 Å². The van der Waals surface area contributed by atoms with Gasteiger partial charge in [-0.15, -0.1) is 0 Å². The summed E-state index contributed by atoms with van der Waals surface area (Å²) in [7, 11) is 0. The summed E-state index contributed by atoms with van der Waals surface area (Å²) in [6, 6.07) is 9.01. The van der Waals surface area contributed by atoms with Crippen LogP contribution in [0.2, 0.25) is 0 Å². The number of carboxylic acid groups (broad SMARTS) is 1. The second-order valence-corrected chi connectivity index (χ2v) is 7.08. The average Bonchev–Trinajstić information content (AvgIpc) is 2.89. The Morgan fingerprint density at radius 2 is 1.68 bits per heavy atom. The third kappa shape index (κ3) is 3.67. The molecule has 2 aliphatic rings. The molecule has 0 spiro atoms. The molecule has 1 aromatic rings. The van der Waals surface area contributed by atoms with Crippen molar-refractivity contribution in [2.75, 3.05) is 4.90 Å². The van der Waals surface area contributed by atoms with E-state index in [1.807, 2.05) is 37.3 Å². The number of hydrogen-bond acceptors (Lipinski definition) is 3. The minimum Gasteiger partial charge on any atom is -0.481 e. The lowest BCUT2D eigenvalue weighted by molar-refractivity contribution is -0.144. The van der Waals surface area contributed by atoms with Gasteiger partial charge in [0.2, 0.25) is 11.8 Å². The molecule has 1 aliphatic heterocycles. The summed E-state index contributed by atoms with van der Waals surface area (Å²) < 4.78 is 0. The lowest BCUT2D eigenvalue weighted by Crippen LogP contribution is -2.45. The van der Waals surface area contributed by atoms with Gasteiger partial charge >= 0.3 is 5.97 Å². The largest absolute Gasteiger partial charge is 0.481 e.